The molecule has 1 saturated heterocycles. The lowest BCUT2D eigenvalue weighted by atomic mass is 9.79. The van der Waals surface area contributed by atoms with Crippen LogP contribution in [-0.2, 0) is 19.9 Å². The van der Waals surface area contributed by atoms with Crippen molar-refractivity contribution < 1.29 is 16.8 Å². The van der Waals surface area contributed by atoms with Gasteiger partial charge in [0.15, 0.2) is 14.9 Å². The minimum absolute atomic E-state index is 0.420. The van der Waals surface area contributed by atoms with Crippen molar-refractivity contribution >= 4 is 25.4 Å². The highest BCUT2D eigenvalue weighted by Gasteiger charge is 2.44. The maximum Gasteiger partial charge on any atom is 0.228 e. The highest BCUT2D eigenvalue weighted by atomic mass is 32.3. The smallest absolute Gasteiger partial charge is 0.227 e. The highest BCUT2D eigenvalue weighted by molar-refractivity contribution is 8.07. The molecule has 3 aliphatic rings. The van der Waals surface area contributed by atoms with E-state index in [-0.39, 0.29) is 0 Å². The van der Waals surface area contributed by atoms with E-state index < -0.39 is 30.2 Å². The molecule has 0 radical (unpaired) electrons. The summed E-state index contributed by atoms with van der Waals surface area (Å²) in [5.74, 6) is 0. The molecular weight excluding hydrogens is 370 g/mol. The van der Waals surface area contributed by atoms with Crippen LogP contribution in [0.1, 0.15) is 24.8 Å². The van der Waals surface area contributed by atoms with Crippen molar-refractivity contribution in [1.29, 1.82) is 0 Å². The maximum atomic E-state index is 12.9. The summed E-state index contributed by atoms with van der Waals surface area (Å²) in [6.45, 7) is 0.839. The van der Waals surface area contributed by atoms with Crippen molar-refractivity contribution in [1.82, 2.24) is 4.31 Å². The topological polar surface area (TPSA) is 71.5 Å². The van der Waals surface area contributed by atoms with Gasteiger partial charge >= 0.3 is 0 Å². The lowest BCUT2D eigenvalue weighted by Crippen LogP contribution is -2.43. The summed E-state index contributed by atoms with van der Waals surface area (Å²) >= 11 is 0. The molecule has 0 aromatic heterocycles. The molecule has 1 heterocycles. The monoisotopic (exact) mass is 391 g/mol. The second-order valence-corrected chi connectivity index (χ2v) is 11.4. The van der Waals surface area contributed by atoms with Crippen LogP contribution in [0, 0.1) is 0 Å². The Morgan fingerprint density at radius 2 is 1.62 bits per heavy atom. The molecule has 2 aliphatic carbocycles. The molecule has 1 unspecified atom stereocenters. The van der Waals surface area contributed by atoms with Crippen LogP contribution in [-0.4, -0.2) is 44.6 Å². The number of piperidine rings is 1. The van der Waals surface area contributed by atoms with Gasteiger partial charge < -0.3 is 0 Å². The average molecular weight is 392 g/mol. The molecule has 138 valence electrons. The minimum atomic E-state index is -3.84. The Hall–Kier alpha value is -1.70. The Morgan fingerprint density at radius 3 is 2.27 bits per heavy atom. The van der Waals surface area contributed by atoms with Crippen molar-refractivity contribution in [3.63, 3.8) is 0 Å². The summed E-state index contributed by atoms with van der Waals surface area (Å²) in [7, 11) is -7.64. The van der Waals surface area contributed by atoms with E-state index in [1.165, 1.54) is 4.31 Å². The Bertz CT molecular complexity index is 1010. The molecule has 1 atom stereocenters. The first kappa shape index (κ1) is 17.7. The summed E-state index contributed by atoms with van der Waals surface area (Å²) in [5, 5.41) is -1.65. The molecule has 1 aliphatic heterocycles. The van der Waals surface area contributed by atoms with Crippen LogP contribution in [0.3, 0.4) is 0 Å². The van der Waals surface area contributed by atoms with E-state index in [9.17, 15) is 16.8 Å². The first-order valence-corrected chi connectivity index (χ1v) is 12.1. The van der Waals surface area contributed by atoms with Gasteiger partial charge in [-0.05, 0) is 35.1 Å². The van der Waals surface area contributed by atoms with Gasteiger partial charge in [-0.2, -0.15) is 0 Å². The fraction of sp³-hybridized carbons (Fsp3) is 0.368. The molecule has 1 fully saturated rings. The van der Waals surface area contributed by atoms with Crippen molar-refractivity contribution in [2.75, 3.05) is 18.2 Å². The number of rotatable bonds is 5. The lowest BCUT2D eigenvalue weighted by molar-refractivity contribution is 0.348. The van der Waals surface area contributed by atoms with E-state index in [2.05, 4.69) is 0 Å². The van der Waals surface area contributed by atoms with Gasteiger partial charge in [-0.15, -0.1) is 0 Å². The third kappa shape index (κ3) is 3.08. The summed E-state index contributed by atoms with van der Waals surface area (Å²) < 4.78 is 52.4. The van der Waals surface area contributed by atoms with Crippen molar-refractivity contribution in [3.05, 3.63) is 65.3 Å². The molecule has 7 heteroatoms. The molecule has 5 nitrogen and oxygen atoms in total. The van der Waals surface area contributed by atoms with E-state index in [0.717, 1.165) is 30.4 Å². The summed E-state index contributed by atoms with van der Waals surface area (Å²) in [6, 6.07) is 9.57. The van der Waals surface area contributed by atoms with Crippen LogP contribution >= 0.6 is 0 Å². The van der Waals surface area contributed by atoms with E-state index in [1.807, 2.05) is 42.5 Å². The van der Waals surface area contributed by atoms with E-state index in [0.29, 0.717) is 24.2 Å². The molecule has 0 N–H and O–H groups in total. The van der Waals surface area contributed by atoms with Crippen LogP contribution in [0.4, 0.5) is 0 Å². The van der Waals surface area contributed by atoms with E-state index in [4.69, 9.17) is 0 Å². The fourth-order valence-electron chi connectivity index (χ4n) is 3.82. The third-order valence-electron chi connectivity index (χ3n) is 5.13. The first-order chi connectivity index (χ1) is 12.4. The zero-order valence-corrected chi connectivity index (χ0v) is 16.0. The predicted molar refractivity (Wildman–Crippen MR) is 103 cm³/mol. The number of sulfonamides is 1. The van der Waals surface area contributed by atoms with Crippen LogP contribution in [0.2, 0.25) is 0 Å². The van der Waals surface area contributed by atoms with Gasteiger partial charge in [-0.25, -0.2) is 21.1 Å². The van der Waals surface area contributed by atoms with Gasteiger partial charge in [0.25, 0.3) is 0 Å². The molecule has 4 rings (SSSR count). The third-order valence-corrected chi connectivity index (χ3v) is 10.0. The molecular formula is C19H21NO4S2. The first-order valence-electron chi connectivity index (χ1n) is 8.77. The molecule has 26 heavy (non-hydrogen) atoms. The highest BCUT2D eigenvalue weighted by Crippen LogP contribution is 2.44. The second-order valence-electron chi connectivity index (χ2n) is 6.95. The Morgan fingerprint density at radius 1 is 0.923 bits per heavy atom. The fourth-order valence-corrected chi connectivity index (χ4v) is 8.58. The quantitative estimate of drug-likeness (QED) is 0.773. The molecule has 0 saturated carbocycles. The molecule has 1 aromatic carbocycles. The molecule has 0 spiro atoms. The molecule has 1 aromatic rings. The number of sulfone groups is 1. The van der Waals surface area contributed by atoms with E-state index >= 15 is 0 Å². The minimum Gasteiger partial charge on any atom is -0.227 e. The van der Waals surface area contributed by atoms with Gasteiger partial charge in [-0.1, -0.05) is 55.0 Å². The normalized spacial score (nSPS) is 23.5. The summed E-state index contributed by atoms with van der Waals surface area (Å²) in [5.41, 5.74) is 3.16. The van der Waals surface area contributed by atoms with Gasteiger partial charge in [0.05, 0.1) is 0 Å². The number of benzene rings is 1. The Labute approximate surface area is 154 Å². The van der Waals surface area contributed by atoms with Crippen molar-refractivity contribution in [2.45, 2.75) is 24.5 Å². The standard InChI is InChI=1S/C19H21NO4S2/c21-25(22,14-26(23,24)20-11-5-2-6-12-20)19-16-9-10-17(18(19)13-16)15-7-3-1-4-8-15/h1,3-4,7-10,13,19H,2,5-6,11-12,14H2. The average Bonchev–Trinajstić information content (AvgIpc) is 2.62. The largest absolute Gasteiger partial charge is 0.228 e. The Kier molecular flexibility index (Phi) is 4.41. The summed E-state index contributed by atoms with van der Waals surface area (Å²) in [6.07, 6.45) is 8.11. The van der Waals surface area contributed by atoms with Gasteiger partial charge in [0.1, 0.15) is 5.25 Å². The predicted octanol–water partition coefficient (Wildman–Crippen LogP) is 2.51. The van der Waals surface area contributed by atoms with Gasteiger partial charge in [0, 0.05) is 13.1 Å². The number of hydrogen-bond acceptors (Lipinski definition) is 4. The number of allylic oxidation sites excluding steroid dienone is 4. The van der Waals surface area contributed by atoms with E-state index in [1.54, 1.807) is 6.08 Å². The lowest BCUT2D eigenvalue weighted by Gasteiger charge is -2.35. The van der Waals surface area contributed by atoms with Crippen LogP contribution in [0.5, 0.6) is 0 Å². The molecule has 0 amide bonds. The second kappa shape index (κ2) is 6.48. The van der Waals surface area contributed by atoms with Crippen LogP contribution in [0.15, 0.2) is 59.7 Å². The van der Waals surface area contributed by atoms with Crippen LogP contribution < -0.4 is 0 Å². The van der Waals surface area contributed by atoms with Crippen molar-refractivity contribution in [3.8, 4) is 0 Å². The molecule has 2 bridgehead atoms. The number of nitrogens with zero attached hydrogens (tertiary/aromatic N) is 1. The number of hydrogen-bond donors (Lipinski definition) is 0. The van der Waals surface area contributed by atoms with Crippen molar-refractivity contribution in [2.24, 2.45) is 0 Å². The van der Waals surface area contributed by atoms with Gasteiger partial charge in [-0.3, -0.25) is 0 Å². The number of fused-ring (bicyclic) bond motifs is 2. The Balaban J connectivity index is 1.58. The zero-order valence-electron chi connectivity index (χ0n) is 14.3. The summed E-state index contributed by atoms with van der Waals surface area (Å²) in [4.78, 5) is 0. The maximum absolute atomic E-state index is 12.9. The van der Waals surface area contributed by atoms with Gasteiger partial charge in [0.2, 0.25) is 10.0 Å². The zero-order chi connectivity index (χ0) is 18.4. The SMILES string of the molecule is O=S(=O)(CS(=O)(=O)N1CCCCC1)C1c2ccc(-c3ccccc3)c1c2. The van der Waals surface area contributed by atoms with Crippen LogP contribution in [0.25, 0.3) is 5.57 Å².